The van der Waals surface area contributed by atoms with Gasteiger partial charge in [0, 0.05) is 24.1 Å². The average Bonchev–Trinajstić information content (AvgIpc) is 3.02. The van der Waals surface area contributed by atoms with Gasteiger partial charge in [-0.2, -0.15) is 0 Å². The third-order valence-corrected chi connectivity index (χ3v) is 3.89. The number of carbonyl (C=O) groups is 1. The normalized spacial score (nSPS) is 10.5. The molecule has 4 nitrogen and oxygen atoms in total. The summed E-state index contributed by atoms with van der Waals surface area (Å²) in [6.45, 7) is 3.23. The Morgan fingerprint density at radius 1 is 1.08 bits per heavy atom. The summed E-state index contributed by atoms with van der Waals surface area (Å²) in [6.07, 6.45) is 2.00. The first kappa shape index (κ1) is 16.8. The zero-order valence-electron chi connectivity index (χ0n) is 14.0. The van der Waals surface area contributed by atoms with Crippen molar-refractivity contribution in [3.63, 3.8) is 0 Å². The lowest BCUT2D eigenvalue weighted by Crippen LogP contribution is -2.29. The molecule has 1 heterocycles. The van der Waals surface area contributed by atoms with E-state index in [0.717, 1.165) is 12.2 Å². The molecule has 1 aromatic heterocycles. The molecule has 0 aliphatic rings. The van der Waals surface area contributed by atoms with Gasteiger partial charge in [0.05, 0.1) is 6.54 Å². The van der Waals surface area contributed by atoms with E-state index in [9.17, 15) is 9.18 Å². The molecule has 2 aromatic carbocycles. The highest BCUT2D eigenvalue weighted by molar-refractivity contribution is 5.89. The summed E-state index contributed by atoms with van der Waals surface area (Å²) in [4.78, 5) is 12.0. The number of hydrogen-bond donors (Lipinski definition) is 2. The summed E-state index contributed by atoms with van der Waals surface area (Å²) in [5.41, 5.74) is 4.00. The van der Waals surface area contributed by atoms with Gasteiger partial charge >= 0.3 is 6.03 Å². The van der Waals surface area contributed by atoms with Crippen molar-refractivity contribution >= 4 is 11.7 Å². The van der Waals surface area contributed by atoms with Gasteiger partial charge < -0.3 is 15.2 Å². The van der Waals surface area contributed by atoms with E-state index in [4.69, 9.17) is 0 Å². The van der Waals surface area contributed by atoms with Crippen LogP contribution in [0.4, 0.5) is 14.9 Å². The smallest absolute Gasteiger partial charge is 0.319 e. The molecule has 0 radical (unpaired) electrons. The number of aryl methyl sites for hydroxylation is 1. The molecule has 128 valence electrons. The van der Waals surface area contributed by atoms with E-state index < -0.39 is 0 Å². The second kappa shape index (κ2) is 7.66. The quantitative estimate of drug-likeness (QED) is 0.716. The number of hydrogen-bond acceptors (Lipinski definition) is 1. The maximum Gasteiger partial charge on any atom is 0.319 e. The van der Waals surface area contributed by atoms with Crippen molar-refractivity contribution in [3.05, 3.63) is 89.5 Å². The molecule has 5 heteroatoms. The number of anilines is 1. The van der Waals surface area contributed by atoms with Crippen LogP contribution in [-0.4, -0.2) is 10.6 Å². The predicted octanol–water partition coefficient (Wildman–Crippen LogP) is 4.31. The summed E-state index contributed by atoms with van der Waals surface area (Å²) in [5.74, 6) is -0.333. The molecular weight excluding hydrogens is 317 g/mol. The molecule has 2 amide bonds. The van der Waals surface area contributed by atoms with Gasteiger partial charge in [0.2, 0.25) is 0 Å². The second-order valence-electron chi connectivity index (χ2n) is 5.93. The third-order valence-electron chi connectivity index (χ3n) is 3.89. The van der Waals surface area contributed by atoms with E-state index >= 15 is 0 Å². The van der Waals surface area contributed by atoms with Gasteiger partial charge in [0.25, 0.3) is 0 Å². The van der Waals surface area contributed by atoms with Crippen molar-refractivity contribution in [2.75, 3.05) is 5.32 Å². The van der Waals surface area contributed by atoms with Crippen LogP contribution in [0.3, 0.4) is 0 Å². The Labute approximate surface area is 146 Å². The second-order valence-corrected chi connectivity index (χ2v) is 5.93. The van der Waals surface area contributed by atoms with Crippen molar-refractivity contribution in [3.8, 4) is 0 Å². The number of rotatable bonds is 5. The highest BCUT2D eigenvalue weighted by atomic mass is 19.1. The molecule has 0 aliphatic heterocycles. The van der Waals surface area contributed by atoms with Crippen LogP contribution >= 0.6 is 0 Å². The van der Waals surface area contributed by atoms with Crippen LogP contribution in [0.1, 0.15) is 16.8 Å². The molecule has 0 unspecified atom stereocenters. The van der Waals surface area contributed by atoms with Gasteiger partial charge in [-0.1, -0.05) is 29.8 Å². The number of amides is 2. The Hall–Kier alpha value is -3.08. The van der Waals surface area contributed by atoms with Gasteiger partial charge in [0.15, 0.2) is 0 Å². The van der Waals surface area contributed by atoms with Crippen molar-refractivity contribution in [1.82, 2.24) is 9.88 Å². The van der Waals surface area contributed by atoms with E-state index in [2.05, 4.69) is 40.3 Å². The Balaban J connectivity index is 1.57. The number of nitrogens with one attached hydrogen (secondary N) is 2. The highest BCUT2D eigenvalue weighted by Crippen LogP contribution is 2.11. The summed E-state index contributed by atoms with van der Waals surface area (Å²) >= 11 is 0. The van der Waals surface area contributed by atoms with Crippen LogP contribution in [0.5, 0.6) is 0 Å². The minimum atomic E-state index is -0.333. The Bertz CT molecular complexity index is 855. The maximum atomic E-state index is 12.9. The van der Waals surface area contributed by atoms with Crippen LogP contribution in [0.25, 0.3) is 0 Å². The average molecular weight is 337 g/mol. The molecule has 0 aliphatic carbocycles. The van der Waals surface area contributed by atoms with Crippen LogP contribution in [0, 0.1) is 12.7 Å². The fourth-order valence-corrected chi connectivity index (χ4v) is 2.65. The Morgan fingerprint density at radius 3 is 2.64 bits per heavy atom. The number of benzene rings is 2. The third kappa shape index (κ3) is 4.70. The zero-order chi connectivity index (χ0) is 17.6. The van der Waals surface area contributed by atoms with E-state index in [0.29, 0.717) is 12.2 Å². The van der Waals surface area contributed by atoms with Gasteiger partial charge in [-0.3, -0.25) is 0 Å². The molecule has 0 atom stereocenters. The lowest BCUT2D eigenvalue weighted by atomic mass is 10.1. The Kier molecular flexibility index (Phi) is 5.14. The first-order valence-electron chi connectivity index (χ1n) is 8.10. The van der Waals surface area contributed by atoms with E-state index in [1.54, 1.807) is 0 Å². The first-order chi connectivity index (χ1) is 12.1. The standard InChI is InChI=1S/C20H20FN3O/c1-15-4-2-5-16(12-15)14-24-11-3-6-19(24)13-22-20(25)23-18-9-7-17(21)8-10-18/h2-12H,13-14H2,1H3,(H2,22,23,25). The van der Waals surface area contributed by atoms with Crippen LogP contribution in [0.15, 0.2) is 66.9 Å². The van der Waals surface area contributed by atoms with Gasteiger partial charge in [-0.15, -0.1) is 0 Å². The number of urea groups is 1. The molecule has 3 aromatic rings. The van der Waals surface area contributed by atoms with Crippen molar-refractivity contribution < 1.29 is 9.18 Å². The topological polar surface area (TPSA) is 46.1 Å². The van der Waals surface area contributed by atoms with E-state index in [-0.39, 0.29) is 11.8 Å². The van der Waals surface area contributed by atoms with Crippen LogP contribution in [-0.2, 0) is 13.1 Å². The van der Waals surface area contributed by atoms with Gasteiger partial charge in [-0.25, -0.2) is 9.18 Å². The first-order valence-corrected chi connectivity index (χ1v) is 8.10. The molecule has 3 rings (SSSR count). The molecule has 25 heavy (non-hydrogen) atoms. The molecule has 2 N–H and O–H groups in total. The summed E-state index contributed by atoms with van der Waals surface area (Å²) in [7, 11) is 0. The minimum absolute atomic E-state index is 0.324. The fourth-order valence-electron chi connectivity index (χ4n) is 2.65. The number of nitrogens with zero attached hydrogens (tertiary/aromatic N) is 1. The number of aromatic nitrogens is 1. The predicted molar refractivity (Wildman–Crippen MR) is 97.0 cm³/mol. The lowest BCUT2D eigenvalue weighted by molar-refractivity contribution is 0.251. The van der Waals surface area contributed by atoms with Gasteiger partial charge in [-0.05, 0) is 48.9 Å². The molecule has 0 spiro atoms. The molecule has 0 bridgehead atoms. The van der Waals surface area contributed by atoms with Crippen molar-refractivity contribution in [2.45, 2.75) is 20.0 Å². The summed E-state index contributed by atoms with van der Waals surface area (Å²) in [6, 6.07) is 17.6. The van der Waals surface area contributed by atoms with E-state index in [1.165, 1.54) is 35.4 Å². The molecule has 0 saturated heterocycles. The number of carbonyl (C=O) groups excluding carboxylic acids is 1. The lowest BCUT2D eigenvalue weighted by Gasteiger charge is -2.12. The largest absolute Gasteiger partial charge is 0.345 e. The van der Waals surface area contributed by atoms with Crippen molar-refractivity contribution in [1.29, 1.82) is 0 Å². The zero-order valence-corrected chi connectivity index (χ0v) is 14.0. The van der Waals surface area contributed by atoms with Crippen molar-refractivity contribution in [2.24, 2.45) is 0 Å². The SMILES string of the molecule is Cc1cccc(Cn2cccc2CNC(=O)Nc2ccc(F)cc2)c1. The fraction of sp³-hybridized carbons (Fsp3) is 0.150. The molecular formula is C20H20FN3O. The number of halogens is 1. The highest BCUT2D eigenvalue weighted by Gasteiger charge is 2.06. The monoisotopic (exact) mass is 337 g/mol. The van der Waals surface area contributed by atoms with E-state index in [1.807, 2.05) is 24.4 Å². The van der Waals surface area contributed by atoms with Gasteiger partial charge in [0.1, 0.15) is 5.82 Å². The maximum absolute atomic E-state index is 12.9. The summed E-state index contributed by atoms with van der Waals surface area (Å²) < 4.78 is 15.0. The van der Waals surface area contributed by atoms with Crippen LogP contribution < -0.4 is 10.6 Å². The molecule has 0 saturated carbocycles. The van der Waals surface area contributed by atoms with Crippen LogP contribution in [0.2, 0.25) is 0 Å². The molecule has 0 fully saturated rings. The summed E-state index contributed by atoms with van der Waals surface area (Å²) in [5, 5.41) is 5.50. The Morgan fingerprint density at radius 2 is 1.88 bits per heavy atom. The minimum Gasteiger partial charge on any atom is -0.345 e.